The summed E-state index contributed by atoms with van der Waals surface area (Å²) >= 11 is 5.92. The first-order chi connectivity index (χ1) is 11.6. The molecule has 0 radical (unpaired) electrons. The zero-order valence-electron chi connectivity index (χ0n) is 12.7. The summed E-state index contributed by atoms with van der Waals surface area (Å²) < 4.78 is 20.3. The molecule has 2 aromatic heterocycles. The van der Waals surface area contributed by atoms with E-state index in [0.29, 0.717) is 24.0 Å². The van der Waals surface area contributed by atoms with Crippen molar-refractivity contribution in [1.29, 1.82) is 0 Å². The molecule has 3 aromatic rings. The number of rotatable bonds is 5. The predicted octanol–water partition coefficient (Wildman–Crippen LogP) is 2.25. The minimum atomic E-state index is -0.537. The largest absolute Gasteiger partial charge is 0.475 e. The molecule has 7 nitrogen and oxygen atoms in total. The molecule has 1 aromatic carbocycles. The lowest BCUT2D eigenvalue weighted by Gasteiger charge is -2.07. The van der Waals surface area contributed by atoms with E-state index >= 15 is 0 Å². The topological polar surface area (TPSA) is 81.4 Å². The average molecular weight is 350 g/mol. The fourth-order valence-corrected chi connectivity index (χ4v) is 2.34. The SMILES string of the molecule is CCOc1nccn2c(CNC(=O)c3cc(F)ccc3Cl)nnc12. The number of amides is 1. The lowest BCUT2D eigenvalue weighted by molar-refractivity contribution is 0.0949. The molecule has 0 aliphatic carbocycles. The molecule has 1 N–H and O–H groups in total. The van der Waals surface area contributed by atoms with E-state index in [0.717, 1.165) is 6.07 Å². The first-order valence-corrected chi connectivity index (χ1v) is 7.52. The molecule has 124 valence electrons. The van der Waals surface area contributed by atoms with Crippen LogP contribution in [-0.2, 0) is 6.54 Å². The van der Waals surface area contributed by atoms with E-state index in [2.05, 4.69) is 20.5 Å². The van der Waals surface area contributed by atoms with Crippen LogP contribution in [0.25, 0.3) is 5.65 Å². The number of carbonyl (C=O) groups is 1. The van der Waals surface area contributed by atoms with E-state index < -0.39 is 11.7 Å². The van der Waals surface area contributed by atoms with Gasteiger partial charge in [0.2, 0.25) is 5.65 Å². The van der Waals surface area contributed by atoms with Crippen LogP contribution in [0.15, 0.2) is 30.6 Å². The van der Waals surface area contributed by atoms with Crippen molar-refractivity contribution in [1.82, 2.24) is 24.9 Å². The van der Waals surface area contributed by atoms with Crippen molar-refractivity contribution in [3.05, 3.63) is 52.8 Å². The molecule has 0 unspecified atom stereocenters. The van der Waals surface area contributed by atoms with Gasteiger partial charge in [-0.1, -0.05) is 11.6 Å². The molecule has 0 aliphatic heterocycles. The highest BCUT2D eigenvalue weighted by molar-refractivity contribution is 6.33. The molecule has 0 bridgehead atoms. The zero-order chi connectivity index (χ0) is 17.1. The second-order valence-corrected chi connectivity index (χ2v) is 5.19. The van der Waals surface area contributed by atoms with Crippen LogP contribution in [0.3, 0.4) is 0 Å². The van der Waals surface area contributed by atoms with E-state index in [-0.39, 0.29) is 17.1 Å². The van der Waals surface area contributed by atoms with Gasteiger partial charge in [0.15, 0.2) is 5.82 Å². The zero-order valence-corrected chi connectivity index (χ0v) is 13.4. The number of ether oxygens (including phenoxy) is 1. The van der Waals surface area contributed by atoms with Gasteiger partial charge in [-0.25, -0.2) is 9.37 Å². The minimum Gasteiger partial charge on any atom is -0.475 e. The number of nitrogens with one attached hydrogen (secondary N) is 1. The van der Waals surface area contributed by atoms with Crippen LogP contribution in [0, 0.1) is 5.82 Å². The van der Waals surface area contributed by atoms with Crippen LogP contribution in [0.2, 0.25) is 5.02 Å². The summed E-state index contributed by atoms with van der Waals surface area (Å²) in [5, 5.41) is 10.8. The standard InChI is InChI=1S/C15H13ClFN5O2/c1-2-24-15-13-21-20-12(22(13)6-5-18-15)8-19-14(23)10-7-9(17)3-4-11(10)16/h3-7H,2,8H2,1H3,(H,19,23). The van der Waals surface area contributed by atoms with Crippen molar-refractivity contribution in [3.63, 3.8) is 0 Å². The minimum absolute atomic E-state index is 0.0576. The van der Waals surface area contributed by atoms with Crippen LogP contribution < -0.4 is 10.1 Å². The third kappa shape index (κ3) is 3.13. The van der Waals surface area contributed by atoms with Gasteiger partial charge in [-0.05, 0) is 25.1 Å². The molecule has 9 heteroatoms. The van der Waals surface area contributed by atoms with Crippen molar-refractivity contribution in [3.8, 4) is 5.88 Å². The molecule has 0 fully saturated rings. The highest BCUT2D eigenvalue weighted by Crippen LogP contribution is 2.18. The highest BCUT2D eigenvalue weighted by Gasteiger charge is 2.14. The van der Waals surface area contributed by atoms with E-state index in [4.69, 9.17) is 16.3 Å². The highest BCUT2D eigenvalue weighted by atomic mass is 35.5. The first kappa shape index (κ1) is 16.1. The summed E-state index contributed by atoms with van der Waals surface area (Å²) in [4.78, 5) is 16.2. The lowest BCUT2D eigenvalue weighted by atomic mass is 10.2. The van der Waals surface area contributed by atoms with Crippen molar-refractivity contribution in [2.75, 3.05) is 6.61 Å². The molecule has 0 saturated carbocycles. The molecule has 2 heterocycles. The van der Waals surface area contributed by atoms with Gasteiger partial charge in [-0.3, -0.25) is 9.20 Å². The Morgan fingerprint density at radius 2 is 2.25 bits per heavy atom. The summed E-state index contributed by atoms with van der Waals surface area (Å²) in [5.41, 5.74) is 0.509. The number of hydrogen-bond acceptors (Lipinski definition) is 5. The molecule has 24 heavy (non-hydrogen) atoms. The van der Waals surface area contributed by atoms with Gasteiger partial charge in [0, 0.05) is 12.4 Å². The molecule has 0 aliphatic rings. The first-order valence-electron chi connectivity index (χ1n) is 7.14. The second kappa shape index (κ2) is 6.79. The van der Waals surface area contributed by atoms with Crippen LogP contribution in [-0.4, -0.2) is 32.1 Å². The fourth-order valence-electron chi connectivity index (χ4n) is 2.14. The Balaban J connectivity index is 1.80. The number of carbonyl (C=O) groups excluding carboxylic acids is 1. The predicted molar refractivity (Wildman–Crippen MR) is 84.5 cm³/mol. The van der Waals surface area contributed by atoms with E-state index in [1.54, 1.807) is 16.8 Å². The number of halogens is 2. The maximum atomic E-state index is 13.3. The Morgan fingerprint density at radius 1 is 1.42 bits per heavy atom. The Bertz CT molecular complexity index is 899. The van der Waals surface area contributed by atoms with Crippen molar-refractivity contribution in [2.45, 2.75) is 13.5 Å². The van der Waals surface area contributed by atoms with Gasteiger partial charge < -0.3 is 10.1 Å². The summed E-state index contributed by atoms with van der Waals surface area (Å²) in [6, 6.07) is 3.60. The molecular formula is C15H13ClFN5O2. The van der Waals surface area contributed by atoms with Gasteiger partial charge in [-0.15, -0.1) is 10.2 Å². The molecule has 3 rings (SSSR count). The quantitative estimate of drug-likeness (QED) is 0.764. The molecule has 0 spiro atoms. The van der Waals surface area contributed by atoms with Crippen LogP contribution >= 0.6 is 11.6 Å². The number of fused-ring (bicyclic) bond motifs is 1. The van der Waals surface area contributed by atoms with E-state index in [1.165, 1.54) is 12.1 Å². The van der Waals surface area contributed by atoms with Gasteiger partial charge in [-0.2, -0.15) is 0 Å². The van der Waals surface area contributed by atoms with Crippen LogP contribution in [0.5, 0.6) is 5.88 Å². The molecule has 0 saturated heterocycles. The van der Waals surface area contributed by atoms with Crippen molar-refractivity contribution >= 4 is 23.2 Å². The molecule has 0 atom stereocenters. The maximum Gasteiger partial charge on any atom is 0.260 e. The summed E-state index contributed by atoms with van der Waals surface area (Å²) in [6.45, 7) is 2.37. The fraction of sp³-hybridized carbons (Fsp3) is 0.200. The van der Waals surface area contributed by atoms with Crippen LogP contribution in [0.4, 0.5) is 4.39 Å². The van der Waals surface area contributed by atoms with E-state index in [1.807, 2.05) is 6.92 Å². The van der Waals surface area contributed by atoms with Crippen LogP contribution in [0.1, 0.15) is 23.1 Å². The molecule has 1 amide bonds. The Morgan fingerprint density at radius 3 is 3.04 bits per heavy atom. The Labute approximate surface area is 141 Å². The van der Waals surface area contributed by atoms with Gasteiger partial charge >= 0.3 is 0 Å². The normalized spacial score (nSPS) is 10.8. The number of benzene rings is 1. The van der Waals surface area contributed by atoms with Crippen molar-refractivity contribution in [2.24, 2.45) is 0 Å². The smallest absolute Gasteiger partial charge is 0.260 e. The average Bonchev–Trinajstić information content (AvgIpc) is 2.99. The summed E-state index contributed by atoms with van der Waals surface area (Å²) in [6.07, 6.45) is 3.21. The van der Waals surface area contributed by atoms with Crippen molar-refractivity contribution < 1.29 is 13.9 Å². The van der Waals surface area contributed by atoms with Gasteiger partial charge in [0.25, 0.3) is 11.8 Å². The lowest BCUT2D eigenvalue weighted by Crippen LogP contribution is -2.24. The van der Waals surface area contributed by atoms with E-state index in [9.17, 15) is 9.18 Å². The number of hydrogen-bond donors (Lipinski definition) is 1. The third-order valence-corrected chi connectivity index (χ3v) is 3.56. The maximum absolute atomic E-state index is 13.3. The number of nitrogens with zero attached hydrogens (tertiary/aromatic N) is 4. The Hall–Kier alpha value is -2.74. The summed E-state index contributed by atoms with van der Waals surface area (Å²) in [7, 11) is 0. The Kier molecular flexibility index (Phi) is 4.57. The monoisotopic (exact) mass is 349 g/mol. The number of aromatic nitrogens is 4. The summed E-state index contributed by atoms with van der Waals surface area (Å²) in [5.74, 6) is -0.201. The molecular weight excluding hydrogens is 337 g/mol. The third-order valence-electron chi connectivity index (χ3n) is 3.23. The second-order valence-electron chi connectivity index (χ2n) is 4.78. The van der Waals surface area contributed by atoms with Gasteiger partial charge in [0.1, 0.15) is 5.82 Å². The van der Waals surface area contributed by atoms with Gasteiger partial charge in [0.05, 0.1) is 23.7 Å².